The van der Waals surface area contributed by atoms with E-state index in [-0.39, 0.29) is 0 Å². The number of hydrogen-bond acceptors (Lipinski definition) is 1. The summed E-state index contributed by atoms with van der Waals surface area (Å²) >= 11 is 0. The van der Waals surface area contributed by atoms with Crippen LogP contribution in [0.5, 0.6) is 0 Å². The molecule has 0 fully saturated rings. The van der Waals surface area contributed by atoms with Crippen LogP contribution < -0.4 is 0 Å². The summed E-state index contributed by atoms with van der Waals surface area (Å²) in [5, 5.41) is 7.50. The van der Waals surface area contributed by atoms with Crippen molar-refractivity contribution in [1.82, 2.24) is 9.55 Å². The molecule has 9 aromatic carbocycles. The Balaban J connectivity index is 1.21. The van der Waals surface area contributed by atoms with E-state index in [1.54, 1.807) is 0 Å². The van der Waals surface area contributed by atoms with Gasteiger partial charge < -0.3 is 0 Å². The molecule has 2 nitrogen and oxygen atoms in total. The molecule has 2 heteroatoms. The second kappa shape index (κ2) is 12.0. The normalized spacial score (nSPS) is 11.5. The lowest BCUT2D eigenvalue weighted by Crippen LogP contribution is -1.97. The molecule has 10 rings (SSSR count). The molecule has 0 saturated carbocycles. The van der Waals surface area contributed by atoms with Gasteiger partial charge in [-0.15, -0.1) is 0 Å². The summed E-state index contributed by atoms with van der Waals surface area (Å²) in [7, 11) is 0. The lowest BCUT2D eigenvalue weighted by atomic mass is 9.84. The van der Waals surface area contributed by atoms with E-state index in [4.69, 9.17) is 4.98 Å². The van der Waals surface area contributed by atoms with Crippen LogP contribution in [-0.2, 0) is 0 Å². The third-order valence-electron chi connectivity index (χ3n) is 10.2. The molecule has 1 aromatic heterocycles. The van der Waals surface area contributed by atoms with Crippen molar-refractivity contribution < 1.29 is 0 Å². The van der Waals surface area contributed by atoms with Crippen LogP contribution >= 0.6 is 0 Å². The highest BCUT2D eigenvalue weighted by atomic mass is 15.1. The van der Waals surface area contributed by atoms with E-state index in [0.717, 1.165) is 28.1 Å². The molecule has 0 spiro atoms. The van der Waals surface area contributed by atoms with Crippen molar-refractivity contribution in [1.29, 1.82) is 0 Å². The minimum atomic E-state index is 0.931. The number of benzene rings is 9. The van der Waals surface area contributed by atoms with Crippen molar-refractivity contribution in [3.05, 3.63) is 194 Å². The van der Waals surface area contributed by atoms with Crippen molar-refractivity contribution in [2.24, 2.45) is 0 Å². The van der Waals surface area contributed by atoms with E-state index in [9.17, 15) is 0 Å². The molecule has 0 aliphatic carbocycles. The molecule has 0 atom stereocenters. The van der Waals surface area contributed by atoms with Gasteiger partial charge in [0.05, 0.1) is 11.0 Å². The topological polar surface area (TPSA) is 17.8 Å². The van der Waals surface area contributed by atoms with Crippen LogP contribution in [0, 0.1) is 0 Å². The molecule has 0 aliphatic heterocycles. The molecule has 10 aromatic rings. The fourth-order valence-electron chi connectivity index (χ4n) is 7.79. The van der Waals surface area contributed by atoms with Crippen LogP contribution in [0.15, 0.2) is 194 Å². The molecule has 0 unspecified atom stereocenters. The molecule has 0 bridgehead atoms. The van der Waals surface area contributed by atoms with Gasteiger partial charge in [-0.05, 0) is 102 Å². The van der Waals surface area contributed by atoms with E-state index in [1.165, 1.54) is 65.7 Å². The van der Waals surface area contributed by atoms with Gasteiger partial charge in [0.1, 0.15) is 5.82 Å². The maximum atomic E-state index is 5.14. The Morgan fingerprint density at radius 1 is 0.333 bits per heavy atom. The van der Waals surface area contributed by atoms with E-state index in [0.29, 0.717) is 0 Å². The SMILES string of the molecule is c1ccc(-c2c(-c3ccc(-c4nc5ccccc5n4-c4ccccc4)cc3)c3ccccc3c3ccc(-c4ccc5ccccc5c4)cc23)cc1. The lowest BCUT2D eigenvalue weighted by molar-refractivity contribution is 1.10. The Morgan fingerprint density at radius 3 is 1.71 bits per heavy atom. The van der Waals surface area contributed by atoms with E-state index < -0.39 is 0 Å². The third kappa shape index (κ3) is 4.92. The van der Waals surface area contributed by atoms with Crippen LogP contribution in [0.25, 0.3) is 93.8 Å². The predicted molar refractivity (Wildman–Crippen MR) is 215 cm³/mol. The molecule has 51 heavy (non-hydrogen) atoms. The zero-order valence-electron chi connectivity index (χ0n) is 27.9. The zero-order chi connectivity index (χ0) is 33.7. The van der Waals surface area contributed by atoms with E-state index >= 15 is 0 Å². The maximum absolute atomic E-state index is 5.14. The van der Waals surface area contributed by atoms with Crippen LogP contribution in [0.2, 0.25) is 0 Å². The summed E-state index contributed by atoms with van der Waals surface area (Å²) in [5.74, 6) is 0.931. The summed E-state index contributed by atoms with van der Waals surface area (Å²) in [4.78, 5) is 5.14. The average molecular weight is 649 g/mol. The smallest absolute Gasteiger partial charge is 0.145 e. The highest BCUT2D eigenvalue weighted by Crippen LogP contribution is 2.46. The first-order valence-electron chi connectivity index (χ1n) is 17.5. The summed E-state index contributed by atoms with van der Waals surface area (Å²) in [6, 6.07) is 70.0. The molecular weight excluding hydrogens is 617 g/mol. The predicted octanol–water partition coefficient (Wildman–Crippen LogP) is 13.2. The average Bonchev–Trinajstić information content (AvgIpc) is 3.60. The molecule has 238 valence electrons. The number of para-hydroxylation sites is 3. The molecule has 0 amide bonds. The van der Waals surface area contributed by atoms with Crippen LogP contribution in [0.3, 0.4) is 0 Å². The zero-order valence-corrected chi connectivity index (χ0v) is 27.9. The molecular formula is C49H32N2. The molecule has 0 saturated heterocycles. The van der Waals surface area contributed by atoms with Crippen LogP contribution in [0.4, 0.5) is 0 Å². The number of fused-ring (bicyclic) bond motifs is 5. The number of imidazole rings is 1. The third-order valence-corrected chi connectivity index (χ3v) is 10.2. The number of hydrogen-bond donors (Lipinski definition) is 0. The number of nitrogens with zero attached hydrogens (tertiary/aromatic N) is 2. The van der Waals surface area contributed by atoms with E-state index in [2.05, 4.69) is 199 Å². The Bertz CT molecular complexity index is 2880. The molecule has 0 aliphatic rings. The maximum Gasteiger partial charge on any atom is 0.145 e. The van der Waals surface area contributed by atoms with Crippen molar-refractivity contribution in [3.63, 3.8) is 0 Å². The second-order valence-corrected chi connectivity index (χ2v) is 13.2. The highest BCUT2D eigenvalue weighted by molar-refractivity contribution is 6.22. The number of aromatic nitrogens is 2. The highest BCUT2D eigenvalue weighted by Gasteiger charge is 2.20. The van der Waals surface area contributed by atoms with Gasteiger partial charge in [0.25, 0.3) is 0 Å². The monoisotopic (exact) mass is 648 g/mol. The van der Waals surface area contributed by atoms with Gasteiger partial charge in [-0.2, -0.15) is 0 Å². The Labute approximate surface area is 296 Å². The largest absolute Gasteiger partial charge is 0.292 e. The molecule has 0 N–H and O–H groups in total. The van der Waals surface area contributed by atoms with Gasteiger partial charge >= 0.3 is 0 Å². The fourth-order valence-corrected chi connectivity index (χ4v) is 7.79. The van der Waals surface area contributed by atoms with Crippen LogP contribution in [-0.4, -0.2) is 9.55 Å². The lowest BCUT2D eigenvalue weighted by Gasteiger charge is -2.20. The molecule has 0 radical (unpaired) electrons. The summed E-state index contributed by atoms with van der Waals surface area (Å²) in [6.45, 7) is 0. The first-order valence-corrected chi connectivity index (χ1v) is 17.5. The minimum absolute atomic E-state index is 0.931. The van der Waals surface area contributed by atoms with Gasteiger partial charge in [-0.25, -0.2) is 4.98 Å². The minimum Gasteiger partial charge on any atom is -0.292 e. The summed E-state index contributed by atoms with van der Waals surface area (Å²) in [5.41, 5.74) is 11.5. The van der Waals surface area contributed by atoms with E-state index in [1.807, 2.05) is 0 Å². The summed E-state index contributed by atoms with van der Waals surface area (Å²) < 4.78 is 2.26. The quantitative estimate of drug-likeness (QED) is 0.170. The van der Waals surface area contributed by atoms with Gasteiger partial charge in [0, 0.05) is 11.3 Å². The standard InChI is InChI=1S/C49H32N2/c1-3-14-34(15-4-1)48-44-32-39(38-28-23-33-13-7-8-16-37(33)31-38)29-30-42(44)41-19-9-10-20-43(41)47(48)35-24-26-36(27-25-35)49-50-45-21-11-12-22-46(45)51(49)40-17-5-2-6-18-40/h1-32H. The van der Waals surface area contributed by atoms with Gasteiger partial charge in [-0.1, -0.05) is 158 Å². The Hall–Kier alpha value is -6.77. The van der Waals surface area contributed by atoms with Crippen LogP contribution in [0.1, 0.15) is 0 Å². The molecule has 1 heterocycles. The van der Waals surface area contributed by atoms with Gasteiger partial charge in [0.15, 0.2) is 0 Å². The summed E-state index contributed by atoms with van der Waals surface area (Å²) in [6.07, 6.45) is 0. The van der Waals surface area contributed by atoms with Gasteiger partial charge in [0.2, 0.25) is 0 Å². The van der Waals surface area contributed by atoms with Crippen molar-refractivity contribution in [2.45, 2.75) is 0 Å². The van der Waals surface area contributed by atoms with Gasteiger partial charge in [-0.3, -0.25) is 4.57 Å². The Kier molecular flexibility index (Phi) is 6.85. The second-order valence-electron chi connectivity index (χ2n) is 13.2. The first-order chi connectivity index (χ1) is 25.3. The fraction of sp³-hybridized carbons (Fsp3) is 0. The Morgan fingerprint density at radius 2 is 0.882 bits per heavy atom. The first kappa shape index (κ1) is 29.2. The van der Waals surface area contributed by atoms with Crippen molar-refractivity contribution >= 4 is 43.4 Å². The van der Waals surface area contributed by atoms with Crippen molar-refractivity contribution in [2.75, 3.05) is 0 Å². The number of rotatable bonds is 5. The van der Waals surface area contributed by atoms with Crippen molar-refractivity contribution in [3.8, 4) is 50.5 Å².